The van der Waals surface area contributed by atoms with Crippen LogP contribution in [0.25, 0.3) is 22.5 Å². The molecule has 0 aliphatic carbocycles. The van der Waals surface area contributed by atoms with Crippen molar-refractivity contribution in [2.75, 3.05) is 92.0 Å². The van der Waals surface area contributed by atoms with Crippen molar-refractivity contribution < 1.29 is 47.7 Å². The fourth-order valence-corrected chi connectivity index (χ4v) is 15.5. The van der Waals surface area contributed by atoms with Gasteiger partial charge in [-0.1, -0.05) is 24.3 Å². The highest BCUT2D eigenvalue weighted by Crippen LogP contribution is 2.36. The highest BCUT2D eigenvalue weighted by molar-refractivity contribution is 7.90. The zero-order valence-electron chi connectivity index (χ0n) is 51.0. The molecule has 3 unspecified atom stereocenters. The molecule has 474 valence electrons. The average Bonchev–Trinajstić information content (AvgIpc) is 0.986. The monoisotopic (exact) mass is 1240 g/mol. The topological polar surface area (TPSA) is 301 Å². The molecule has 5 aromatic rings. The first-order chi connectivity index (χ1) is 42.9. The average molecular weight is 1240 g/mol. The van der Waals surface area contributed by atoms with Gasteiger partial charge in [0.05, 0.1) is 16.6 Å². The number of fused-ring (bicyclic) bond motifs is 3. The summed E-state index contributed by atoms with van der Waals surface area (Å²) in [6.45, 7) is 8.41. The molecule has 0 radical (unpaired) electrons. The predicted octanol–water partition coefficient (Wildman–Crippen LogP) is 7.21. The van der Waals surface area contributed by atoms with Crippen molar-refractivity contribution in [2.45, 2.75) is 140 Å². The van der Waals surface area contributed by atoms with E-state index < -0.39 is 57.2 Å². The lowest BCUT2D eigenvalue weighted by atomic mass is 9.89. The third-order valence-corrected chi connectivity index (χ3v) is 21.1. The third kappa shape index (κ3) is 15.0. The number of hydrogen-bond donors (Lipinski definition) is 9. The van der Waals surface area contributed by atoms with E-state index in [2.05, 4.69) is 43.4 Å². The van der Waals surface area contributed by atoms with Crippen molar-refractivity contribution in [1.29, 1.82) is 0 Å². The molecule has 0 spiro atoms. The van der Waals surface area contributed by atoms with E-state index in [4.69, 9.17) is 15.0 Å². The minimum absolute atomic E-state index is 0.0828. The molecule has 3 fully saturated rings. The van der Waals surface area contributed by atoms with Gasteiger partial charge in [-0.15, -0.1) is 0 Å². The Labute approximate surface area is 520 Å². The summed E-state index contributed by atoms with van der Waals surface area (Å²) in [5.74, 6) is -1.83. The number of pyridine rings is 3. The lowest BCUT2D eigenvalue weighted by Crippen LogP contribution is -2.61. The summed E-state index contributed by atoms with van der Waals surface area (Å²) >= 11 is 0. The van der Waals surface area contributed by atoms with Gasteiger partial charge in [0.2, 0.25) is 21.8 Å². The van der Waals surface area contributed by atoms with Crippen LogP contribution in [0.15, 0.2) is 66.7 Å². The first-order valence-electron chi connectivity index (χ1n) is 31.9. The summed E-state index contributed by atoms with van der Waals surface area (Å²) in [4.78, 5) is 86.6. The number of carboxylic acids is 3. The molecule has 3 saturated heterocycles. The summed E-state index contributed by atoms with van der Waals surface area (Å²) in [7, 11) is -3.63. The number of rotatable bonds is 22. The number of sulfonamides is 1. The van der Waals surface area contributed by atoms with Gasteiger partial charge >= 0.3 is 17.9 Å². The number of anilines is 5. The van der Waals surface area contributed by atoms with Gasteiger partial charge in [-0.2, -0.15) is 0 Å². The number of benzene rings is 2. The van der Waals surface area contributed by atoms with Gasteiger partial charge in [0.15, 0.2) is 0 Å². The van der Waals surface area contributed by atoms with Crippen LogP contribution in [0.3, 0.4) is 0 Å². The summed E-state index contributed by atoms with van der Waals surface area (Å²) in [6, 6.07) is 18.0. The lowest BCUT2D eigenvalue weighted by molar-refractivity contribution is -0.159. The first kappa shape index (κ1) is 63.0. The van der Waals surface area contributed by atoms with Crippen LogP contribution >= 0.6 is 0 Å². The maximum absolute atomic E-state index is 13.8. The summed E-state index contributed by atoms with van der Waals surface area (Å²) in [5, 5.41) is 47.6. The van der Waals surface area contributed by atoms with Gasteiger partial charge < -0.3 is 41.9 Å². The Balaban J connectivity index is 0.666. The van der Waals surface area contributed by atoms with E-state index in [1.165, 1.54) is 11.1 Å². The molecule has 22 nitrogen and oxygen atoms in total. The standard InChI is InChI=1S/C66H84N12O10S/c1-40-12-16-49(39-52(40)54-18-14-44-8-4-26-68-61(44)74-54)73-63(80)45-21-31-78(32-22-45)59(66(85)86)58(65(83)84)77-29-19-42(20-30-77)35-57(79)71-48-15-11-41(2)53(38-48)55-36-46(51-10-6-27-69-62(51)75-55)37-56(64(81)82)76-33-23-50(24-34-76)89(87,88)70-28-5-9-47-17-13-43-7-3-25-67-60(43)72-47/h11-18,36,38-39,42,45,50,56,58-59,70H,3-10,19-35,37H2,1-2H3,(H,67,72)(H,68,74)(H,69,75)(H,71,79)(H,73,80)(H,81,82)(H,83,84)(H,85,86). The van der Waals surface area contributed by atoms with Crippen LogP contribution in [-0.2, 0) is 66.1 Å². The zero-order chi connectivity index (χ0) is 62.3. The Morgan fingerprint density at radius 1 is 0.607 bits per heavy atom. The number of carboxylic acid groups (broad SMARTS) is 3. The van der Waals surface area contributed by atoms with Crippen molar-refractivity contribution in [1.82, 2.24) is 34.4 Å². The van der Waals surface area contributed by atoms with E-state index in [0.717, 1.165) is 108 Å². The Morgan fingerprint density at radius 3 is 1.79 bits per heavy atom. The number of piperidine rings is 3. The normalized spacial score (nSPS) is 19.0. The van der Waals surface area contributed by atoms with Crippen LogP contribution in [0.1, 0.15) is 110 Å². The largest absolute Gasteiger partial charge is 0.480 e. The first-order valence-corrected chi connectivity index (χ1v) is 33.4. The van der Waals surface area contributed by atoms with Crippen LogP contribution in [0.2, 0.25) is 0 Å². The van der Waals surface area contributed by atoms with Crippen molar-refractivity contribution in [2.24, 2.45) is 11.8 Å². The molecule has 2 aromatic carbocycles. The number of carbonyl (C=O) groups excluding carboxylic acids is 2. The van der Waals surface area contributed by atoms with Crippen LogP contribution in [-0.4, -0.2) is 172 Å². The van der Waals surface area contributed by atoms with Gasteiger partial charge in [0.25, 0.3) is 0 Å². The second kappa shape index (κ2) is 28.1. The number of aliphatic carboxylic acids is 3. The second-order valence-electron chi connectivity index (χ2n) is 25.1. The molecule has 2 amide bonds. The van der Waals surface area contributed by atoms with Crippen LogP contribution in [0, 0.1) is 25.7 Å². The lowest BCUT2D eigenvalue weighted by Gasteiger charge is -2.42. The van der Waals surface area contributed by atoms with E-state index in [9.17, 15) is 47.7 Å². The van der Waals surface area contributed by atoms with E-state index in [1.807, 2.05) is 73.3 Å². The molecule has 11 rings (SSSR count). The molecule has 3 aromatic heterocycles. The maximum atomic E-state index is 13.8. The molecule has 6 aliphatic heterocycles. The maximum Gasteiger partial charge on any atom is 0.323 e. The molecule has 0 saturated carbocycles. The number of carbonyl (C=O) groups is 5. The SMILES string of the molecule is Cc1ccc(NC(=O)C2CCN(C(C(=O)O)C(C(=O)O)N3CCC(CC(=O)Nc4ccc(C)c(-c5cc(CC(C(=O)O)N6CCC(S(=O)(=O)NCCCc7ccc8c(n7)NCCC8)CC6)c6c(n5)NCCC6)c4)CC3)CC2)cc1-c1ccc2c(n1)NCCC2. The van der Waals surface area contributed by atoms with Gasteiger partial charge in [-0.25, -0.2) is 28.1 Å². The molecule has 3 atom stereocenters. The minimum Gasteiger partial charge on any atom is -0.480 e. The van der Waals surface area contributed by atoms with E-state index >= 15 is 0 Å². The van der Waals surface area contributed by atoms with Crippen molar-refractivity contribution in [3.63, 3.8) is 0 Å². The van der Waals surface area contributed by atoms with E-state index in [0.29, 0.717) is 100 Å². The number of nitrogens with one attached hydrogen (secondary N) is 6. The summed E-state index contributed by atoms with van der Waals surface area (Å²) in [6.07, 6.45) is 9.63. The van der Waals surface area contributed by atoms with E-state index in [1.54, 1.807) is 9.80 Å². The Bertz CT molecular complexity index is 3560. The molecule has 9 N–H and O–H groups in total. The fourth-order valence-electron chi connectivity index (χ4n) is 14.0. The molecular formula is C66H84N12O10S. The van der Waals surface area contributed by atoms with Crippen molar-refractivity contribution >= 4 is 68.6 Å². The third-order valence-electron chi connectivity index (χ3n) is 19.1. The molecule has 9 heterocycles. The Hall–Kier alpha value is -7.57. The smallest absolute Gasteiger partial charge is 0.323 e. The number of hydrogen-bond acceptors (Lipinski definition) is 16. The molecule has 89 heavy (non-hydrogen) atoms. The van der Waals surface area contributed by atoms with Gasteiger partial charge in [-0.05, 0) is 218 Å². The second-order valence-corrected chi connectivity index (χ2v) is 27.1. The van der Waals surface area contributed by atoms with Gasteiger partial charge in [0.1, 0.15) is 35.6 Å². The van der Waals surface area contributed by atoms with Crippen molar-refractivity contribution in [3.8, 4) is 22.5 Å². The Kier molecular flexibility index (Phi) is 19.9. The van der Waals surface area contributed by atoms with Crippen molar-refractivity contribution in [3.05, 3.63) is 106 Å². The Morgan fingerprint density at radius 2 is 1.16 bits per heavy atom. The predicted molar refractivity (Wildman–Crippen MR) is 342 cm³/mol. The molecular weight excluding hydrogens is 1150 g/mol. The molecule has 0 bridgehead atoms. The van der Waals surface area contributed by atoms with Crippen LogP contribution in [0.5, 0.6) is 0 Å². The number of amides is 2. The highest BCUT2D eigenvalue weighted by atomic mass is 32.2. The van der Waals surface area contributed by atoms with Gasteiger partial charge in [-0.3, -0.25) is 38.7 Å². The summed E-state index contributed by atoms with van der Waals surface area (Å²) < 4.78 is 29.8. The zero-order valence-corrected chi connectivity index (χ0v) is 51.8. The molecule has 23 heteroatoms. The number of aryl methyl sites for hydroxylation is 5. The molecule has 6 aliphatic rings. The minimum atomic E-state index is -3.63. The quantitative estimate of drug-likeness (QED) is 0.0309. The number of aromatic nitrogens is 3. The number of nitrogens with zero attached hydrogens (tertiary/aromatic N) is 6. The van der Waals surface area contributed by atoms with Gasteiger partial charge in [0, 0.05) is 79.8 Å². The number of likely N-dealkylation sites (tertiary alicyclic amines) is 3. The highest BCUT2D eigenvalue weighted by Gasteiger charge is 2.45. The fraction of sp³-hybridized carbons (Fsp3) is 0.515. The van der Waals surface area contributed by atoms with Crippen LogP contribution < -0.4 is 31.3 Å². The van der Waals surface area contributed by atoms with E-state index in [-0.39, 0.29) is 56.8 Å². The van der Waals surface area contributed by atoms with Crippen LogP contribution in [0.4, 0.5) is 28.8 Å². The summed E-state index contributed by atoms with van der Waals surface area (Å²) in [5.41, 5.74) is 11.4.